The molecular weight excluding hydrogens is 372 g/mol. The van der Waals surface area contributed by atoms with Crippen LogP contribution in [-0.4, -0.2) is 37.8 Å². The maximum atomic E-state index is 13.2. The van der Waals surface area contributed by atoms with E-state index < -0.39 is 23.8 Å². The van der Waals surface area contributed by atoms with E-state index in [1.165, 1.54) is 14.2 Å². The number of fused-ring (bicyclic) bond motifs is 1. The summed E-state index contributed by atoms with van der Waals surface area (Å²) in [4.78, 5) is 32.4. The van der Waals surface area contributed by atoms with Gasteiger partial charge >= 0.3 is 0 Å². The summed E-state index contributed by atoms with van der Waals surface area (Å²) in [5, 5.41) is 4.39. The molecule has 8 heteroatoms. The zero-order chi connectivity index (χ0) is 19.1. The highest BCUT2D eigenvalue weighted by molar-refractivity contribution is 6.38. The van der Waals surface area contributed by atoms with Gasteiger partial charge in [0, 0.05) is 16.7 Å². The van der Waals surface area contributed by atoms with Gasteiger partial charge in [-0.25, -0.2) is 4.90 Å². The number of ether oxygens (including phenoxy) is 2. The van der Waals surface area contributed by atoms with Gasteiger partial charge < -0.3 is 14.3 Å². The molecule has 0 saturated carbocycles. The quantitative estimate of drug-likeness (QED) is 0.755. The highest BCUT2D eigenvalue weighted by Gasteiger charge is 2.56. The average molecular weight is 387 g/mol. The summed E-state index contributed by atoms with van der Waals surface area (Å²) in [5.41, 5.74) is 1.20. The molecule has 0 aromatic heterocycles. The lowest BCUT2D eigenvalue weighted by Crippen LogP contribution is -2.33. The second kappa shape index (κ2) is 6.59. The zero-order valence-electron chi connectivity index (χ0n) is 14.5. The summed E-state index contributed by atoms with van der Waals surface area (Å²) < 4.78 is 10.5. The van der Waals surface area contributed by atoms with E-state index in [-0.39, 0.29) is 0 Å². The minimum atomic E-state index is -1.03. The number of methoxy groups -OCH3 is 2. The topological polar surface area (TPSA) is 77.4 Å². The summed E-state index contributed by atoms with van der Waals surface area (Å²) in [6.07, 6.45) is -1.03. The third-order valence-corrected chi connectivity index (χ3v) is 4.92. The minimum absolute atomic E-state index is 0.295. The number of imide groups is 1. The van der Waals surface area contributed by atoms with Crippen LogP contribution in [0.1, 0.15) is 5.56 Å². The first-order chi connectivity index (χ1) is 13.1. The van der Waals surface area contributed by atoms with Crippen molar-refractivity contribution in [3.8, 4) is 11.5 Å². The van der Waals surface area contributed by atoms with Crippen LogP contribution >= 0.6 is 11.6 Å². The van der Waals surface area contributed by atoms with Crippen molar-refractivity contribution in [1.29, 1.82) is 0 Å². The second-order valence-corrected chi connectivity index (χ2v) is 6.42. The fourth-order valence-corrected chi connectivity index (χ4v) is 3.51. The largest absolute Gasteiger partial charge is 0.497 e. The number of benzene rings is 2. The fourth-order valence-electron chi connectivity index (χ4n) is 3.28. The predicted octanol–water partition coefficient (Wildman–Crippen LogP) is 2.65. The normalized spacial score (nSPS) is 21.0. The highest BCUT2D eigenvalue weighted by atomic mass is 35.5. The Balaban J connectivity index is 1.76. The van der Waals surface area contributed by atoms with E-state index in [2.05, 4.69) is 5.16 Å². The van der Waals surface area contributed by atoms with Crippen molar-refractivity contribution in [1.82, 2.24) is 0 Å². The molecule has 2 atom stereocenters. The minimum Gasteiger partial charge on any atom is -0.497 e. The number of carbonyl (C=O) groups excluding carboxylic acids is 2. The molecule has 1 fully saturated rings. The molecule has 2 heterocycles. The van der Waals surface area contributed by atoms with Crippen LogP contribution in [0.15, 0.2) is 47.6 Å². The first-order valence-corrected chi connectivity index (χ1v) is 8.53. The second-order valence-electron chi connectivity index (χ2n) is 6.01. The number of hydrogen-bond acceptors (Lipinski definition) is 6. The molecule has 0 spiro atoms. The van der Waals surface area contributed by atoms with Crippen LogP contribution < -0.4 is 14.4 Å². The molecule has 138 valence electrons. The third-order valence-electron chi connectivity index (χ3n) is 4.59. The first kappa shape index (κ1) is 17.4. The van der Waals surface area contributed by atoms with Crippen LogP contribution in [0.5, 0.6) is 11.5 Å². The van der Waals surface area contributed by atoms with Crippen LogP contribution in [0.4, 0.5) is 5.69 Å². The molecule has 1 saturated heterocycles. The van der Waals surface area contributed by atoms with E-state index in [0.29, 0.717) is 33.5 Å². The van der Waals surface area contributed by atoms with Crippen molar-refractivity contribution in [2.75, 3.05) is 19.1 Å². The summed E-state index contributed by atoms with van der Waals surface area (Å²) in [6.45, 7) is 0. The number of oxime groups is 1. The van der Waals surface area contributed by atoms with E-state index in [0.717, 1.165) is 4.90 Å². The van der Waals surface area contributed by atoms with E-state index >= 15 is 0 Å². The van der Waals surface area contributed by atoms with Gasteiger partial charge in [0.2, 0.25) is 12.0 Å². The van der Waals surface area contributed by atoms with Crippen LogP contribution in [0, 0.1) is 5.92 Å². The molecule has 0 radical (unpaired) electrons. The summed E-state index contributed by atoms with van der Waals surface area (Å²) in [6, 6.07) is 11.9. The number of nitrogens with zero attached hydrogens (tertiary/aromatic N) is 2. The summed E-state index contributed by atoms with van der Waals surface area (Å²) in [7, 11) is 2.96. The Morgan fingerprint density at radius 1 is 1.07 bits per heavy atom. The Morgan fingerprint density at radius 2 is 1.85 bits per heavy atom. The number of amides is 2. The van der Waals surface area contributed by atoms with Crippen LogP contribution in [0.3, 0.4) is 0 Å². The van der Waals surface area contributed by atoms with Gasteiger partial charge in [0.15, 0.2) is 0 Å². The van der Waals surface area contributed by atoms with Crippen LogP contribution in [-0.2, 0) is 14.4 Å². The van der Waals surface area contributed by atoms with Gasteiger partial charge in [0.1, 0.15) is 23.1 Å². The number of rotatable bonds is 4. The number of carbonyl (C=O) groups is 2. The Kier molecular flexibility index (Phi) is 4.24. The molecular formula is C19H15ClN2O5. The molecule has 0 bridgehead atoms. The Morgan fingerprint density at radius 3 is 2.56 bits per heavy atom. The Hall–Kier alpha value is -3.06. The van der Waals surface area contributed by atoms with Gasteiger partial charge in [0.25, 0.3) is 5.91 Å². The maximum Gasteiger partial charge on any atom is 0.279 e. The van der Waals surface area contributed by atoms with Crippen LogP contribution in [0.25, 0.3) is 0 Å². The van der Waals surface area contributed by atoms with Gasteiger partial charge in [-0.3, -0.25) is 9.59 Å². The molecule has 2 aromatic carbocycles. The van der Waals surface area contributed by atoms with Crippen molar-refractivity contribution in [3.63, 3.8) is 0 Å². The molecule has 27 heavy (non-hydrogen) atoms. The summed E-state index contributed by atoms with van der Waals surface area (Å²) in [5.74, 6) is -0.971. The Labute approximate surface area is 160 Å². The Bertz CT molecular complexity index is 974. The van der Waals surface area contributed by atoms with E-state index in [9.17, 15) is 9.59 Å². The molecule has 0 aliphatic carbocycles. The molecule has 0 unspecified atom stereocenters. The van der Waals surface area contributed by atoms with E-state index in [1.807, 2.05) is 0 Å². The molecule has 2 amide bonds. The van der Waals surface area contributed by atoms with Gasteiger partial charge in [-0.15, -0.1) is 0 Å². The monoisotopic (exact) mass is 386 g/mol. The van der Waals surface area contributed by atoms with Crippen molar-refractivity contribution in [2.24, 2.45) is 11.1 Å². The molecule has 2 aliphatic rings. The predicted molar refractivity (Wildman–Crippen MR) is 98.4 cm³/mol. The lowest BCUT2D eigenvalue weighted by molar-refractivity contribution is -0.126. The van der Waals surface area contributed by atoms with Crippen molar-refractivity contribution in [3.05, 3.63) is 53.1 Å². The van der Waals surface area contributed by atoms with E-state index in [1.54, 1.807) is 42.5 Å². The smallest absolute Gasteiger partial charge is 0.279 e. The fraction of sp³-hybridized carbons (Fsp3) is 0.211. The highest BCUT2D eigenvalue weighted by Crippen LogP contribution is 2.40. The van der Waals surface area contributed by atoms with Crippen molar-refractivity contribution >= 4 is 34.8 Å². The molecule has 4 rings (SSSR count). The van der Waals surface area contributed by atoms with Gasteiger partial charge in [-0.05, 0) is 18.2 Å². The third kappa shape index (κ3) is 2.62. The van der Waals surface area contributed by atoms with Gasteiger partial charge in [-0.2, -0.15) is 0 Å². The van der Waals surface area contributed by atoms with Crippen molar-refractivity contribution in [2.45, 2.75) is 6.10 Å². The number of hydrogen-bond donors (Lipinski definition) is 0. The van der Waals surface area contributed by atoms with Gasteiger partial charge in [0.05, 0.1) is 19.9 Å². The molecule has 0 N–H and O–H groups in total. The lowest BCUT2D eigenvalue weighted by atomic mass is 9.94. The zero-order valence-corrected chi connectivity index (χ0v) is 15.3. The molecule has 2 aromatic rings. The maximum absolute atomic E-state index is 13.2. The number of halogens is 1. The number of anilines is 1. The first-order valence-electron chi connectivity index (χ1n) is 8.15. The lowest BCUT2D eigenvalue weighted by Gasteiger charge is -2.19. The van der Waals surface area contributed by atoms with Crippen molar-refractivity contribution < 1.29 is 23.9 Å². The van der Waals surface area contributed by atoms with Gasteiger partial charge in [-0.1, -0.05) is 35.0 Å². The standard InChI is InChI=1S/C19H15ClN2O5/c1-25-10-7-8-14(26-2)13(9-10)22-18(23)15-16(21-27-17(15)19(22)24)11-5-3-4-6-12(11)20/h3-9,15,17H,1-2H3/t15-,17+/m1/s1. The summed E-state index contributed by atoms with van der Waals surface area (Å²) >= 11 is 6.24. The van der Waals surface area contributed by atoms with E-state index in [4.69, 9.17) is 25.9 Å². The molecule has 7 nitrogen and oxygen atoms in total. The molecule has 2 aliphatic heterocycles. The average Bonchev–Trinajstić information content (AvgIpc) is 3.22. The SMILES string of the molecule is COc1ccc(OC)c(N2C(=O)[C@@H]3C(c4ccccc4Cl)=NO[C@@H]3C2=O)c1. The van der Waals surface area contributed by atoms with Crippen LogP contribution in [0.2, 0.25) is 5.02 Å².